The molecule has 6 nitrogen and oxygen atoms in total. The van der Waals surface area contributed by atoms with Crippen LogP contribution in [0, 0.1) is 0 Å². The van der Waals surface area contributed by atoms with Crippen LogP contribution in [0.25, 0.3) is 0 Å². The summed E-state index contributed by atoms with van der Waals surface area (Å²) >= 11 is 0. The predicted octanol–water partition coefficient (Wildman–Crippen LogP) is 2.93. The Kier molecular flexibility index (Phi) is 5.16. The zero-order valence-electron chi connectivity index (χ0n) is 15.2. The van der Waals surface area contributed by atoms with Crippen molar-refractivity contribution in [3.63, 3.8) is 0 Å². The van der Waals surface area contributed by atoms with Crippen molar-refractivity contribution < 1.29 is 14.3 Å². The molecule has 0 unspecified atom stereocenters. The normalized spacial score (nSPS) is 23.3. The zero-order chi connectivity index (χ0) is 18.0. The molecule has 1 aromatic carbocycles. The van der Waals surface area contributed by atoms with Crippen LogP contribution in [-0.4, -0.2) is 65.1 Å². The first kappa shape index (κ1) is 17.6. The van der Waals surface area contributed by atoms with Crippen molar-refractivity contribution in [1.29, 1.82) is 0 Å². The number of carbonyl (C=O) groups is 2. The summed E-state index contributed by atoms with van der Waals surface area (Å²) in [4.78, 5) is 30.5. The van der Waals surface area contributed by atoms with Crippen LogP contribution in [0.15, 0.2) is 30.3 Å². The van der Waals surface area contributed by atoms with E-state index in [1.54, 1.807) is 4.90 Å². The minimum atomic E-state index is -0.315. The summed E-state index contributed by atoms with van der Waals surface area (Å²) < 4.78 is 5.43. The van der Waals surface area contributed by atoms with Gasteiger partial charge in [0.2, 0.25) is 0 Å². The molecule has 1 aliphatic carbocycles. The molecule has 1 saturated heterocycles. The monoisotopic (exact) mass is 345 g/mol. The molecule has 3 rings (SSSR count). The van der Waals surface area contributed by atoms with E-state index in [4.69, 9.17) is 4.74 Å². The van der Waals surface area contributed by atoms with Crippen molar-refractivity contribution in [3.05, 3.63) is 35.9 Å². The molecule has 136 valence electrons. The fraction of sp³-hybridized carbons (Fsp3) is 0.579. The molecule has 1 heterocycles. The molecule has 1 aromatic rings. The lowest BCUT2D eigenvalue weighted by atomic mass is 10.1. The molecule has 2 fully saturated rings. The first-order valence-corrected chi connectivity index (χ1v) is 8.98. The van der Waals surface area contributed by atoms with Gasteiger partial charge >= 0.3 is 12.1 Å². The van der Waals surface area contributed by atoms with Crippen molar-refractivity contribution in [2.45, 2.75) is 51.4 Å². The first-order chi connectivity index (χ1) is 12.0. The van der Waals surface area contributed by atoms with Gasteiger partial charge in [-0.05, 0) is 32.3 Å². The lowest BCUT2D eigenvalue weighted by Crippen LogP contribution is -2.62. The van der Waals surface area contributed by atoms with Gasteiger partial charge in [0, 0.05) is 38.3 Å². The van der Waals surface area contributed by atoms with Gasteiger partial charge < -0.3 is 19.4 Å². The molecule has 0 radical (unpaired) electrons. The van der Waals surface area contributed by atoms with Gasteiger partial charge in [0.25, 0.3) is 0 Å². The molecule has 0 aromatic heterocycles. The minimum Gasteiger partial charge on any atom is -0.445 e. The zero-order valence-corrected chi connectivity index (χ0v) is 15.2. The van der Waals surface area contributed by atoms with E-state index in [2.05, 4.69) is 0 Å². The maximum Gasteiger partial charge on any atom is 0.410 e. The predicted molar refractivity (Wildman–Crippen MR) is 95.1 cm³/mol. The number of ether oxygens (including phenoxy) is 1. The summed E-state index contributed by atoms with van der Waals surface area (Å²) in [6, 6.07) is 10.1. The summed E-state index contributed by atoms with van der Waals surface area (Å²) in [6.45, 7) is 5.26. The molecule has 0 N–H and O–H groups in total. The summed E-state index contributed by atoms with van der Waals surface area (Å²) in [5.74, 6) is 0. The average molecular weight is 345 g/mol. The van der Waals surface area contributed by atoms with E-state index in [0.717, 1.165) is 18.4 Å². The third kappa shape index (κ3) is 4.06. The Labute approximate surface area is 149 Å². The van der Waals surface area contributed by atoms with Crippen molar-refractivity contribution in [1.82, 2.24) is 14.7 Å². The van der Waals surface area contributed by atoms with Crippen molar-refractivity contribution >= 4 is 12.1 Å². The number of hydrogen-bond donors (Lipinski definition) is 0. The van der Waals surface area contributed by atoms with Gasteiger partial charge in [0.05, 0.1) is 0 Å². The van der Waals surface area contributed by atoms with E-state index in [-0.39, 0.29) is 30.8 Å². The van der Waals surface area contributed by atoms with Crippen molar-refractivity contribution in [3.8, 4) is 0 Å². The Morgan fingerprint density at radius 1 is 1.12 bits per heavy atom. The summed E-state index contributed by atoms with van der Waals surface area (Å²) in [6.07, 6.45) is 1.87. The highest BCUT2D eigenvalue weighted by atomic mass is 16.6. The topological polar surface area (TPSA) is 53.1 Å². The van der Waals surface area contributed by atoms with Gasteiger partial charge in [0.1, 0.15) is 6.61 Å². The van der Waals surface area contributed by atoms with Crippen molar-refractivity contribution in [2.24, 2.45) is 0 Å². The number of amides is 3. The Morgan fingerprint density at radius 2 is 1.72 bits per heavy atom. The van der Waals surface area contributed by atoms with Gasteiger partial charge in [0.15, 0.2) is 0 Å². The highest BCUT2D eigenvalue weighted by Crippen LogP contribution is 2.28. The van der Waals surface area contributed by atoms with Crippen LogP contribution in [0.2, 0.25) is 0 Å². The molecule has 2 atom stereocenters. The molecule has 0 spiro atoms. The summed E-state index contributed by atoms with van der Waals surface area (Å²) in [5.41, 5.74) is 0.969. The summed E-state index contributed by atoms with van der Waals surface area (Å²) in [7, 11) is 1.87. The largest absolute Gasteiger partial charge is 0.445 e. The van der Waals surface area contributed by atoms with Crippen LogP contribution in [-0.2, 0) is 11.3 Å². The van der Waals surface area contributed by atoms with Crippen LogP contribution in [0.4, 0.5) is 9.59 Å². The smallest absolute Gasteiger partial charge is 0.410 e. The van der Waals surface area contributed by atoms with E-state index >= 15 is 0 Å². The lowest BCUT2D eigenvalue weighted by Gasteiger charge is -2.45. The maximum atomic E-state index is 12.7. The molecule has 6 heteroatoms. The van der Waals surface area contributed by atoms with Crippen LogP contribution in [0.3, 0.4) is 0 Å². The van der Waals surface area contributed by atoms with Crippen molar-refractivity contribution in [2.75, 3.05) is 20.1 Å². The molecular formula is C19H27N3O3. The summed E-state index contributed by atoms with van der Waals surface area (Å²) in [5, 5.41) is 0. The Balaban J connectivity index is 1.55. The standard InChI is InChI=1S/C19H27N3O3/c1-14-11-21(19(24)25-13-16-7-5-4-6-8-16)12-15(2)22(14)18(23)20(3)17-9-10-17/h4-8,14-15,17H,9-13H2,1-3H3/t14-,15-/m0/s1. The van der Waals surface area contributed by atoms with E-state index in [1.165, 1.54) is 0 Å². The second kappa shape index (κ2) is 7.33. The number of piperazine rings is 1. The molecule has 0 bridgehead atoms. The van der Waals surface area contributed by atoms with Gasteiger partial charge in [-0.3, -0.25) is 0 Å². The Bertz CT molecular complexity index is 606. The average Bonchev–Trinajstić information content (AvgIpc) is 3.44. The number of carbonyl (C=O) groups excluding carboxylic acids is 2. The van der Waals surface area contributed by atoms with Gasteiger partial charge in [-0.1, -0.05) is 30.3 Å². The third-order valence-corrected chi connectivity index (χ3v) is 5.00. The van der Waals surface area contributed by atoms with Crippen LogP contribution >= 0.6 is 0 Å². The van der Waals surface area contributed by atoms with Gasteiger partial charge in [-0.25, -0.2) is 9.59 Å². The van der Waals surface area contributed by atoms with Crippen LogP contribution in [0.5, 0.6) is 0 Å². The second-order valence-corrected chi connectivity index (χ2v) is 7.18. The second-order valence-electron chi connectivity index (χ2n) is 7.18. The lowest BCUT2D eigenvalue weighted by molar-refractivity contribution is 0.0338. The Hall–Kier alpha value is -2.24. The minimum absolute atomic E-state index is 0.0262. The number of nitrogens with zero attached hydrogens (tertiary/aromatic N) is 3. The van der Waals surface area contributed by atoms with Gasteiger partial charge in [-0.2, -0.15) is 0 Å². The number of hydrogen-bond acceptors (Lipinski definition) is 3. The molecule has 1 saturated carbocycles. The van der Waals surface area contributed by atoms with Crippen LogP contribution in [0.1, 0.15) is 32.3 Å². The number of rotatable bonds is 3. The number of benzene rings is 1. The molecular weight excluding hydrogens is 318 g/mol. The van der Waals surface area contributed by atoms with E-state index in [1.807, 2.05) is 61.0 Å². The molecule has 3 amide bonds. The quantitative estimate of drug-likeness (QED) is 0.846. The highest BCUT2D eigenvalue weighted by molar-refractivity contribution is 5.76. The fourth-order valence-corrected chi connectivity index (χ4v) is 3.46. The van der Waals surface area contributed by atoms with Crippen LogP contribution < -0.4 is 0 Å². The molecule has 1 aliphatic heterocycles. The number of urea groups is 1. The first-order valence-electron chi connectivity index (χ1n) is 8.98. The third-order valence-electron chi connectivity index (χ3n) is 5.00. The Morgan fingerprint density at radius 3 is 2.28 bits per heavy atom. The maximum absolute atomic E-state index is 12.7. The molecule has 2 aliphatic rings. The highest BCUT2D eigenvalue weighted by Gasteiger charge is 2.39. The van der Waals surface area contributed by atoms with E-state index < -0.39 is 0 Å². The van der Waals surface area contributed by atoms with Gasteiger partial charge in [-0.15, -0.1) is 0 Å². The molecule has 25 heavy (non-hydrogen) atoms. The SMILES string of the molecule is C[C@H]1CN(C(=O)OCc2ccccc2)C[C@H](C)N1C(=O)N(C)C1CC1. The fourth-order valence-electron chi connectivity index (χ4n) is 3.46. The van der Waals surface area contributed by atoms with E-state index in [9.17, 15) is 9.59 Å². The van der Waals surface area contributed by atoms with E-state index in [0.29, 0.717) is 19.1 Å².